The van der Waals surface area contributed by atoms with Crippen molar-refractivity contribution in [3.8, 4) is 0 Å². The second-order valence-electron chi connectivity index (χ2n) is 4.47. The molecule has 0 radical (unpaired) electrons. The highest BCUT2D eigenvalue weighted by Gasteiger charge is 2.36. The minimum Gasteiger partial charge on any atom is -0.335 e. The number of halogens is 5. The van der Waals surface area contributed by atoms with Gasteiger partial charge >= 0.3 is 6.18 Å². The quantitative estimate of drug-likeness (QED) is 0.710. The number of hydrogen-bond acceptors (Lipinski definition) is 1. The minimum absolute atomic E-state index is 0.168. The summed E-state index contributed by atoms with van der Waals surface area (Å²) in [6.45, 7) is 3.67. The summed E-state index contributed by atoms with van der Waals surface area (Å²) < 4.78 is 39.3. The van der Waals surface area contributed by atoms with Gasteiger partial charge in [0.2, 0.25) is 0 Å². The molecule has 7 heteroatoms. The molecule has 0 unspecified atom stereocenters. The van der Waals surface area contributed by atoms with Gasteiger partial charge in [0.25, 0.3) is 5.91 Å². The van der Waals surface area contributed by atoms with Gasteiger partial charge in [-0.15, -0.1) is 11.6 Å². The Kier molecular flexibility index (Phi) is 5.89. The summed E-state index contributed by atoms with van der Waals surface area (Å²) in [5.74, 6) is -0.498. The molecule has 1 aromatic rings. The molecule has 0 bridgehead atoms. The second kappa shape index (κ2) is 6.80. The summed E-state index contributed by atoms with van der Waals surface area (Å²) in [7, 11) is 0. The van der Waals surface area contributed by atoms with Crippen molar-refractivity contribution in [2.45, 2.75) is 26.1 Å². The van der Waals surface area contributed by atoms with Gasteiger partial charge in [-0.05, 0) is 32.0 Å². The Hall–Kier alpha value is -0.750. The van der Waals surface area contributed by atoms with Crippen LogP contribution in [0.3, 0.4) is 0 Å². The molecule has 1 rings (SSSR count). The SMILES string of the molecule is CC(C)N(CCCl)C(=O)c1ccc(Br)cc1C(F)(F)F. The van der Waals surface area contributed by atoms with Crippen molar-refractivity contribution >= 4 is 33.4 Å². The number of benzene rings is 1. The van der Waals surface area contributed by atoms with E-state index in [-0.39, 0.29) is 28.5 Å². The normalized spacial score (nSPS) is 11.8. The van der Waals surface area contributed by atoms with Crippen LogP contribution in [0.1, 0.15) is 29.8 Å². The molecule has 0 aliphatic rings. The number of amides is 1. The number of carbonyl (C=O) groups excluding carboxylic acids is 1. The maximum atomic E-state index is 13.0. The van der Waals surface area contributed by atoms with E-state index in [4.69, 9.17) is 11.6 Å². The van der Waals surface area contributed by atoms with E-state index in [2.05, 4.69) is 15.9 Å². The smallest absolute Gasteiger partial charge is 0.335 e. The molecule has 0 saturated carbocycles. The summed E-state index contributed by atoms with van der Waals surface area (Å²) in [6.07, 6.45) is -4.58. The van der Waals surface area contributed by atoms with Gasteiger partial charge in [-0.1, -0.05) is 15.9 Å². The lowest BCUT2D eigenvalue weighted by molar-refractivity contribution is -0.138. The molecule has 0 heterocycles. The highest BCUT2D eigenvalue weighted by atomic mass is 79.9. The van der Waals surface area contributed by atoms with Crippen LogP contribution in [0.2, 0.25) is 0 Å². The van der Waals surface area contributed by atoms with Crippen LogP contribution < -0.4 is 0 Å². The molecule has 0 fully saturated rings. The monoisotopic (exact) mass is 371 g/mol. The van der Waals surface area contributed by atoms with Crippen LogP contribution in [-0.2, 0) is 6.18 Å². The van der Waals surface area contributed by atoms with Crippen LogP contribution in [0, 0.1) is 0 Å². The minimum atomic E-state index is -4.58. The van der Waals surface area contributed by atoms with Gasteiger partial charge in [0, 0.05) is 22.9 Å². The average Bonchev–Trinajstić information content (AvgIpc) is 2.33. The predicted molar refractivity (Wildman–Crippen MR) is 76.0 cm³/mol. The Morgan fingerprint density at radius 1 is 1.40 bits per heavy atom. The standard InChI is InChI=1S/C13H14BrClF3NO/c1-8(2)19(6-5-15)12(20)10-4-3-9(14)7-11(10)13(16,17)18/h3-4,7-8H,5-6H2,1-2H3. The molecule has 0 atom stereocenters. The zero-order valence-corrected chi connectivity index (χ0v) is 13.3. The van der Waals surface area contributed by atoms with Crippen LogP contribution >= 0.6 is 27.5 Å². The first-order valence-electron chi connectivity index (χ1n) is 5.92. The number of nitrogens with zero attached hydrogens (tertiary/aromatic N) is 1. The van der Waals surface area contributed by atoms with E-state index in [1.54, 1.807) is 13.8 Å². The molecule has 0 aromatic heterocycles. The highest BCUT2D eigenvalue weighted by molar-refractivity contribution is 9.10. The lowest BCUT2D eigenvalue weighted by atomic mass is 10.1. The third-order valence-electron chi connectivity index (χ3n) is 2.73. The third-order valence-corrected chi connectivity index (χ3v) is 3.39. The molecule has 0 saturated heterocycles. The van der Waals surface area contributed by atoms with Crippen LogP contribution in [0.4, 0.5) is 13.2 Å². The first kappa shape index (κ1) is 17.3. The van der Waals surface area contributed by atoms with Gasteiger partial charge < -0.3 is 4.90 Å². The van der Waals surface area contributed by atoms with Crippen molar-refractivity contribution < 1.29 is 18.0 Å². The molecule has 1 aromatic carbocycles. The van der Waals surface area contributed by atoms with Crippen molar-refractivity contribution in [1.29, 1.82) is 0 Å². The van der Waals surface area contributed by atoms with E-state index < -0.39 is 17.6 Å². The topological polar surface area (TPSA) is 20.3 Å². The molecule has 112 valence electrons. The van der Waals surface area contributed by atoms with Crippen LogP contribution in [0.25, 0.3) is 0 Å². The van der Waals surface area contributed by atoms with E-state index in [0.717, 1.165) is 6.07 Å². The molecular weight excluding hydrogens is 358 g/mol. The fraction of sp³-hybridized carbons (Fsp3) is 0.462. The molecule has 0 aliphatic carbocycles. The van der Waals surface area contributed by atoms with Gasteiger partial charge in [0.15, 0.2) is 0 Å². The summed E-state index contributed by atoms with van der Waals surface area (Å²) in [5.41, 5.74) is -1.31. The van der Waals surface area contributed by atoms with Crippen molar-refractivity contribution in [3.05, 3.63) is 33.8 Å². The number of alkyl halides is 4. The van der Waals surface area contributed by atoms with Crippen molar-refractivity contribution in [2.24, 2.45) is 0 Å². The zero-order valence-electron chi connectivity index (χ0n) is 11.0. The predicted octanol–water partition coefficient (Wildman–Crippen LogP) is 4.56. The highest BCUT2D eigenvalue weighted by Crippen LogP contribution is 2.34. The fourth-order valence-corrected chi connectivity index (χ4v) is 2.32. The maximum absolute atomic E-state index is 13.0. The van der Waals surface area contributed by atoms with E-state index in [1.165, 1.54) is 17.0 Å². The van der Waals surface area contributed by atoms with Crippen molar-refractivity contribution in [2.75, 3.05) is 12.4 Å². The number of hydrogen-bond donors (Lipinski definition) is 0. The Balaban J connectivity index is 3.28. The van der Waals surface area contributed by atoms with Gasteiger partial charge in [-0.25, -0.2) is 0 Å². The van der Waals surface area contributed by atoms with E-state index in [9.17, 15) is 18.0 Å². The van der Waals surface area contributed by atoms with E-state index >= 15 is 0 Å². The van der Waals surface area contributed by atoms with Gasteiger partial charge in [-0.2, -0.15) is 13.2 Å². The van der Waals surface area contributed by atoms with E-state index in [0.29, 0.717) is 0 Å². The summed E-state index contributed by atoms with van der Waals surface area (Å²) >= 11 is 8.59. The Morgan fingerprint density at radius 3 is 2.45 bits per heavy atom. The maximum Gasteiger partial charge on any atom is 0.417 e. The van der Waals surface area contributed by atoms with Crippen LogP contribution in [0.15, 0.2) is 22.7 Å². The Morgan fingerprint density at radius 2 is 2.00 bits per heavy atom. The van der Waals surface area contributed by atoms with Crippen LogP contribution in [-0.4, -0.2) is 29.3 Å². The largest absolute Gasteiger partial charge is 0.417 e. The third kappa shape index (κ3) is 4.12. The van der Waals surface area contributed by atoms with Gasteiger partial charge in [-0.3, -0.25) is 4.79 Å². The summed E-state index contributed by atoms with van der Waals surface area (Å²) in [5, 5.41) is 0. The van der Waals surface area contributed by atoms with Gasteiger partial charge in [0.1, 0.15) is 0 Å². The molecule has 2 nitrogen and oxygen atoms in total. The van der Waals surface area contributed by atoms with Crippen molar-refractivity contribution in [3.63, 3.8) is 0 Å². The van der Waals surface area contributed by atoms with E-state index in [1.807, 2.05) is 0 Å². The molecule has 0 spiro atoms. The lowest BCUT2D eigenvalue weighted by Crippen LogP contribution is -2.39. The average molecular weight is 373 g/mol. The molecule has 0 N–H and O–H groups in total. The Bertz CT molecular complexity index is 491. The van der Waals surface area contributed by atoms with Crippen LogP contribution in [0.5, 0.6) is 0 Å². The summed E-state index contributed by atoms with van der Waals surface area (Å²) in [4.78, 5) is 13.6. The first-order valence-corrected chi connectivity index (χ1v) is 7.25. The number of rotatable bonds is 4. The fourth-order valence-electron chi connectivity index (χ4n) is 1.78. The van der Waals surface area contributed by atoms with Gasteiger partial charge in [0.05, 0.1) is 11.1 Å². The molecule has 1 amide bonds. The number of carbonyl (C=O) groups is 1. The lowest BCUT2D eigenvalue weighted by Gasteiger charge is -2.27. The zero-order chi connectivity index (χ0) is 15.5. The van der Waals surface area contributed by atoms with Crippen molar-refractivity contribution in [1.82, 2.24) is 4.90 Å². The molecule has 0 aliphatic heterocycles. The summed E-state index contributed by atoms with van der Waals surface area (Å²) in [6, 6.07) is 3.28. The molecular formula is C13H14BrClF3NO. The second-order valence-corrected chi connectivity index (χ2v) is 5.76. The Labute approximate surface area is 129 Å². The molecule has 20 heavy (non-hydrogen) atoms. The first-order chi connectivity index (χ1) is 9.18.